The van der Waals surface area contributed by atoms with Crippen molar-refractivity contribution in [2.45, 2.75) is 23.5 Å². The molecule has 2 aromatic heterocycles. The molecule has 3 heterocycles. The Hall–Kier alpha value is -2.73. The molecule has 0 saturated heterocycles. The van der Waals surface area contributed by atoms with Crippen LogP contribution >= 0.6 is 11.8 Å². The number of carbonyl (C=O) groups excluding carboxylic acids is 1. The largest absolute Gasteiger partial charge is 0.463 e. The van der Waals surface area contributed by atoms with E-state index < -0.39 is 5.56 Å². The van der Waals surface area contributed by atoms with Gasteiger partial charge in [0.15, 0.2) is 0 Å². The van der Waals surface area contributed by atoms with E-state index in [1.54, 1.807) is 47.2 Å². The maximum absolute atomic E-state index is 13.1. The van der Waals surface area contributed by atoms with Crippen LogP contribution < -0.4 is 10.5 Å². The molecule has 3 aromatic rings. The first-order chi connectivity index (χ1) is 12.6. The zero-order chi connectivity index (χ0) is 18.1. The second kappa shape index (κ2) is 6.88. The molecule has 0 spiro atoms. The van der Waals surface area contributed by atoms with Gasteiger partial charge in [0.25, 0.3) is 11.5 Å². The quantitative estimate of drug-likeness (QED) is 0.739. The smallest absolute Gasteiger partial charge is 0.263 e. The molecule has 1 aliphatic heterocycles. The summed E-state index contributed by atoms with van der Waals surface area (Å²) in [5, 5.41) is 0.411. The van der Waals surface area contributed by atoms with E-state index in [0.29, 0.717) is 23.2 Å². The third kappa shape index (κ3) is 3.08. The first-order valence-corrected chi connectivity index (χ1v) is 9.36. The first-order valence-electron chi connectivity index (χ1n) is 8.48. The Balaban J connectivity index is 1.71. The summed E-state index contributed by atoms with van der Waals surface area (Å²) in [6.07, 6.45) is 2.41. The lowest BCUT2D eigenvalue weighted by Crippen LogP contribution is -2.35. The van der Waals surface area contributed by atoms with Gasteiger partial charge in [0.05, 0.1) is 17.6 Å². The normalized spacial score (nSPS) is 16.8. The minimum atomic E-state index is -0.411. The van der Waals surface area contributed by atoms with Crippen molar-refractivity contribution in [1.82, 2.24) is 4.98 Å². The van der Waals surface area contributed by atoms with E-state index in [2.05, 4.69) is 11.9 Å². The fourth-order valence-corrected chi connectivity index (χ4v) is 4.17. The lowest BCUT2D eigenvalue weighted by molar-refractivity contribution is 0.0985. The topological polar surface area (TPSA) is 66.3 Å². The van der Waals surface area contributed by atoms with Crippen LogP contribution in [0.25, 0.3) is 11.5 Å². The lowest BCUT2D eigenvalue weighted by Gasteiger charge is -2.22. The maximum Gasteiger partial charge on any atom is 0.263 e. The van der Waals surface area contributed by atoms with E-state index in [1.807, 2.05) is 24.3 Å². The zero-order valence-corrected chi connectivity index (χ0v) is 15.1. The van der Waals surface area contributed by atoms with Gasteiger partial charge >= 0.3 is 0 Å². The highest BCUT2D eigenvalue weighted by Gasteiger charge is 2.26. The monoisotopic (exact) mass is 366 g/mol. The number of nitrogens with one attached hydrogen (secondary N) is 1. The Kier molecular flexibility index (Phi) is 4.42. The van der Waals surface area contributed by atoms with Gasteiger partial charge in [-0.05, 0) is 42.8 Å². The molecule has 5 nitrogen and oxygen atoms in total. The number of thioether (sulfide) groups is 1. The van der Waals surface area contributed by atoms with Gasteiger partial charge in [0.1, 0.15) is 11.3 Å². The summed E-state index contributed by atoms with van der Waals surface area (Å²) >= 11 is 1.76. The van der Waals surface area contributed by atoms with Crippen molar-refractivity contribution in [1.29, 1.82) is 0 Å². The Bertz CT molecular complexity index is 994. The number of carbonyl (C=O) groups is 1. The molecule has 0 radical (unpaired) electrons. The van der Waals surface area contributed by atoms with Gasteiger partial charge in [-0.25, -0.2) is 0 Å². The third-order valence-corrected chi connectivity index (χ3v) is 5.65. The van der Waals surface area contributed by atoms with Gasteiger partial charge in [0.2, 0.25) is 0 Å². The molecule has 1 atom stereocenters. The fraction of sp³-hybridized carbons (Fsp3) is 0.200. The molecule has 132 valence electrons. The Morgan fingerprint density at radius 3 is 2.81 bits per heavy atom. The maximum atomic E-state index is 13.1. The first kappa shape index (κ1) is 16.7. The van der Waals surface area contributed by atoms with Gasteiger partial charge in [-0.15, -0.1) is 11.8 Å². The van der Waals surface area contributed by atoms with Gasteiger partial charge < -0.3 is 14.3 Å². The molecule has 1 N–H and O–H groups in total. The molecule has 0 aliphatic carbocycles. The highest BCUT2D eigenvalue weighted by molar-refractivity contribution is 8.00. The average Bonchev–Trinajstić information content (AvgIpc) is 3.12. The molecule has 0 fully saturated rings. The van der Waals surface area contributed by atoms with Crippen LogP contribution in [0.4, 0.5) is 5.69 Å². The number of fused-ring (bicyclic) bond motifs is 1. The van der Waals surface area contributed by atoms with E-state index in [-0.39, 0.29) is 11.5 Å². The SMILES string of the molecule is C[C@H]1CCN(C(=O)c2ccc(-c3ccco3)[nH]c2=O)c2ccccc2S1. The Morgan fingerprint density at radius 1 is 1.19 bits per heavy atom. The summed E-state index contributed by atoms with van der Waals surface area (Å²) < 4.78 is 5.30. The minimum absolute atomic E-state index is 0.134. The summed E-state index contributed by atoms with van der Waals surface area (Å²) in [7, 11) is 0. The second-order valence-electron chi connectivity index (χ2n) is 6.23. The number of rotatable bonds is 2. The number of aromatic amines is 1. The van der Waals surface area contributed by atoms with Crippen LogP contribution in [-0.2, 0) is 0 Å². The molecule has 0 saturated carbocycles. The number of amides is 1. The number of H-pyrrole nitrogens is 1. The van der Waals surface area contributed by atoms with Crippen molar-refractivity contribution < 1.29 is 9.21 Å². The minimum Gasteiger partial charge on any atom is -0.463 e. The van der Waals surface area contributed by atoms with Crippen LogP contribution in [0, 0.1) is 0 Å². The number of furan rings is 1. The van der Waals surface area contributed by atoms with Crippen molar-refractivity contribution in [3.05, 3.63) is 70.7 Å². The predicted molar refractivity (Wildman–Crippen MR) is 103 cm³/mol. The highest BCUT2D eigenvalue weighted by Crippen LogP contribution is 2.37. The molecule has 1 amide bonds. The number of aromatic nitrogens is 1. The van der Waals surface area contributed by atoms with Crippen LogP contribution in [0.3, 0.4) is 0 Å². The van der Waals surface area contributed by atoms with Crippen LogP contribution in [0.15, 0.2) is 68.9 Å². The van der Waals surface area contributed by atoms with Crippen molar-refractivity contribution in [2.75, 3.05) is 11.4 Å². The molecule has 6 heteroatoms. The molecule has 4 rings (SSSR count). The van der Waals surface area contributed by atoms with Gasteiger partial charge in [-0.1, -0.05) is 19.1 Å². The molecule has 1 aromatic carbocycles. The summed E-state index contributed by atoms with van der Waals surface area (Å²) in [5.74, 6) is 0.283. The molecule has 0 unspecified atom stereocenters. The van der Waals surface area contributed by atoms with Crippen LogP contribution in [0.2, 0.25) is 0 Å². The van der Waals surface area contributed by atoms with Crippen molar-refractivity contribution in [3.63, 3.8) is 0 Å². The Morgan fingerprint density at radius 2 is 2.04 bits per heavy atom. The molecular formula is C20H18N2O3S. The summed E-state index contributed by atoms with van der Waals surface area (Å²) in [6.45, 7) is 2.74. The third-order valence-electron chi connectivity index (χ3n) is 4.42. The number of anilines is 1. The number of nitrogens with zero attached hydrogens (tertiary/aromatic N) is 1. The average molecular weight is 366 g/mol. The van der Waals surface area contributed by atoms with Crippen molar-refractivity contribution >= 4 is 23.4 Å². The lowest BCUT2D eigenvalue weighted by atomic mass is 10.1. The number of hydrogen-bond acceptors (Lipinski definition) is 4. The van der Waals surface area contributed by atoms with Gasteiger partial charge in [-0.3, -0.25) is 9.59 Å². The number of benzene rings is 1. The van der Waals surface area contributed by atoms with Crippen LogP contribution in [-0.4, -0.2) is 22.7 Å². The Labute approximate surface area is 155 Å². The van der Waals surface area contributed by atoms with E-state index in [4.69, 9.17) is 4.42 Å². The predicted octanol–water partition coefficient (Wildman–Crippen LogP) is 4.17. The highest BCUT2D eigenvalue weighted by atomic mass is 32.2. The zero-order valence-electron chi connectivity index (χ0n) is 14.3. The summed E-state index contributed by atoms with van der Waals surface area (Å²) in [6, 6.07) is 14.6. The van der Waals surface area contributed by atoms with Crippen molar-refractivity contribution in [3.8, 4) is 11.5 Å². The summed E-state index contributed by atoms with van der Waals surface area (Å²) in [5.41, 5.74) is 1.14. The standard InChI is InChI=1S/C20H18N2O3S/c1-13-10-11-22(16-5-2-3-7-18(16)26-13)20(24)14-8-9-15(21-19(14)23)17-6-4-12-25-17/h2-9,12-13H,10-11H2,1H3,(H,21,23)/t13-/m0/s1. The number of para-hydroxylation sites is 1. The number of pyridine rings is 1. The van der Waals surface area contributed by atoms with Crippen molar-refractivity contribution in [2.24, 2.45) is 0 Å². The molecule has 0 bridgehead atoms. The van der Waals surface area contributed by atoms with E-state index in [1.165, 1.54) is 0 Å². The summed E-state index contributed by atoms with van der Waals surface area (Å²) in [4.78, 5) is 31.2. The van der Waals surface area contributed by atoms with Gasteiger partial charge in [0, 0.05) is 16.7 Å². The van der Waals surface area contributed by atoms with Crippen LogP contribution in [0.1, 0.15) is 23.7 Å². The molecule has 26 heavy (non-hydrogen) atoms. The fourth-order valence-electron chi connectivity index (χ4n) is 3.06. The molecule has 1 aliphatic rings. The van der Waals surface area contributed by atoms with E-state index in [9.17, 15) is 9.59 Å². The van der Waals surface area contributed by atoms with E-state index in [0.717, 1.165) is 17.0 Å². The second-order valence-corrected chi connectivity index (χ2v) is 7.71. The van der Waals surface area contributed by atoms with Gasteiger partial charge in [-0.2, -0.15) is 0 Å². The van der Waals surface area contributed by atoms with E-state index >= 15 is 0 Å². The van der Waals surface area contributed by atoms with Crippen LogP contribution in [0.5, 0.6) is 0 Å². The molecular weight excluding hydrogens is 348 g/mol. The number of hydrogen-bond donors (Lipinski definition) is 1.